The summed E-state index contributed by atoms with van der Waals surface area (Å²) in [5, 5.41) is 0. The minimum Gasteiger partial charge on any atom is -0.444 e. The van der Waals surface area contributed by atoms with Crippen molar-refractivity contribution >= 4 is 17.1 Å². The topological polar surface area (TPSA) is 81.8 Å². The van der Waals surface area contributed by atoms with Crippen molar-refractivity contribution < 1.29 is 9.53 Å². The lowest BCUT2D eigenvalue weighted by molar-refractivity contribution is 0.0159. The normalized spacial score (nSPS) is 19.0. The van der Waals surface area contributed by atoms with E-state index in [-0.39, 0.29) is 11.7 Å². The third kappa shape index (κ3) is 6.36. The first-order chi connectivity index (χ1) is 16.2. The standard InChI is InChI=1S/C26H39N5O3/c1-5-21-15-22-23(28-24(21)32)14-20(16-27-22)18-30-12-10-29(11-13-30)17-19-6-8-31(9-7-19)25(33)34-26(2,3)4/h14-16,19H,5-13,17-18H2,1-4H3,(H,28,32). The van der Waals surface area contributed by atoms with E-state index in [0.717, 1.165) is 87.4 Å². The zero-order chi connectivity index (χ0) is 24.3. The monoisotopic (exact) mass is 469 g/mol. The highest BCUT2D eigenvalue weighted by Crippen LogP contribution is 2.22. The van der Waals surface area contributed by atoms with Crippen LogP contribution in [0.4, 0.5) is 4.79 Å². The van der Waals surface area contributed by atoms with E-state index in [1.807, 2.05) is 44.9 Å². The Hall–Kier alpha value is -2.45. The minimum atomic E-state index is -0.438. The zero-order valence-electron chi connectivity index (χ0n) is 21.1. The highest BCUT2D eigenvalue weighted by Gasteiger charge is 2.28. The number of H-pyrrole nitrogens is 1. The Morgan fingerprint density at radius 2 is 1.76 bits per heavy atom. The number of piperazine rings is 1. The Balaban J connectivity index is 1.22. The molecule has 34 heavy (non-hydrogen) atoms. The number of hydrogen-bond donors (Lipinski definition) is 1. The molecule has 1 amide bonds. The first-order valence-corrected chi connectivity index (χ1v) is 12.6. The van der Waals surface area contributed by atoms with E-state index >= 15 is 0 Å². The zero-order valence-corrected chi connectivity index (χ0v) is 21.1. The van der Waals surface area contributed by atoms with Crippen LogP contribution in [0.2, 0.25) is 0 Å². The van der Waals surface area contributed by atoms with Crippen molar-refractivity contribution in [2.45, 2.75) is 59.1 Å². The minimum absolute atomic E-state index is 0.0144. The van der Waals surface area contributed by atoms with Crippen LogP contribution in [0.5, 0.6) is 0 Å². The highest BCUT2D eigenvalue weighted by molar-refractivity contribution is 5.74. The van der Waals surface area contributed by atoms with Gasteiger partial charge in [-0.15, -0.1) is 0 Å². The van der Waals surface area contributed by atoms with Crippen LogP contribution in [0.3, 0.4) is 0 Å². The fraction of sp³-hybridized carbons (Fsp3) is 0.654. The number of piperidine rings is 1. The summed E-state index contributed by atoms with van der Waals surface area (Å²) >= 11 is 0. The van der Waals surface area contributed by atoms with E-state index in [0.29, 0.717) is 12.3 Å². The number of ether oxygens (including phenoxy) is 1. The maximum atomic E-state index is 12.3. The van der Waals surface area contributed by atoms with E-state index < -0.39 is 5.60 Å². The first kappa shape index (κ1) is 24.7. The molecule has 2 aromatic rings. The smallest absolute Gasteiger partial charge is 0.410 e. The second-order valence-electron chi connectivity index (χ2n) is 10.7. The number of likely N-dealkylation sites (tertiary alicyclic amines) is 1. The van der Waals surface area contributed by atoms with Gasteiger partial charge in [0, 0.05) is 64.1 Å². The van der Waals surface area contributed by atoms with E-state index in [1.165, 1.54) is 0 Å². The van der Waals surface area contributed by atoms with Crippen LogP contribution in [0.1, 0.15) is 51.7 Å². The fourth-order valence-electron chi connectivity index (χ4n) is 4.89. The van der Waals surface area contributed by atoms with Crippen molar-refractivity contribution in [3.05, 3.63) is 39.8 Å². The molecule has 4 rings (SSSR count). The Labute approximate surface area is 202 Å². The van der Waals surface area contributed by atoms with Crippen LogP contribution >= 0.6 is 0 Å². The Bertz CT molecular complexity index is 1040. The molecule has 0 bridgehead atoms. The number of nitrogens with one attached hydrogen (secondary N) is 1. The molecule has 0 atom stereocenters. The van der Waals surface area contributed by atoms with Crippen molar-refractivity contribution in [3.8, 4) is 0 Å². The molecule has 4 heterocycles. The van der Waals surface area contributed by atoms with Crippen molar-refractivity contribution in [3.63, 3.8) is 0 Å². The molecular formula is C26H39N5O3. The number of aromatic nitrogens is 2. The molecule has 0 aliphatic carbocycles. The molecule has 8 nitrogen and oxygen atoms in total. The maximum absolute atomic E-state index is 12.3. The third-order valence-electron chi connectivity index (χ3n) is 6.86. The summed E-state index contributed by atoms with van der Waals surface area (Å²) in [6.45, 7) is 15.4. The van der Waals surface area contributed by atoms with Crippen LogP contribution in [-0.2, 0) is 17.7 Å². The number of carbonyl (C=O) groups excluding carboxylic acids is 1. The summed E-state index contributed by atoms with van der Waals surface area (Å²) in [5.74, 6) is 0.639. The van der Waals surface area contributed by atoms with Gasteiger partial charge in [-0.2, -0.15) is 0 Å². The fourth-order valence-corrected chi connectivity index (χ4v) is 4.89. The summed E-state index contributed by atoms with van der Waals surface area (Å²) in [7, 11) is 0. The van der Waals surface area contributed by atoms with Gasteiger partial charge in [0.2, 0.25) is 0 Å². The molecule has 0 unspecified atom stereocenters. The maximum Gasteiger partial charge on any atom is 0.410 e. The predicted molar refractivity (Wildman–Crippen MR) is 134 cm³/mol. The van der Waals surface area contributed by atoms with Gasteiger partial charge in [0.15, 0.2) is 0 Å². The first-order valence-electron chi connectivity index (χ1n) is 12.6. The third-order valence-corrected chi connectivity index (χ3v) is 6.86. The number of amides is 1. The van der Waals surface area contributed by atoms with Gasteiger partial charge in [0.1, 0.15) is 5.60 Å². The van der Waals surface area contributed by atoms with E-state index in [2.05, 4.69) is 25.8 Å². The molecule has 0 radical (unpaired) electrons. The Morgan fingerprint density at radius 1 is 1.09 bits per heavy atom. The summed E-state index contributed by atoms with van der Waals surface area (Å²) in [6, 6.07) is 3.96. The number of aromatic amines is 1. The molecule has 2 aliphatic heterocycles. The van der Waals surface area contributed by atoms with Gasteiger partial charge in [-0.1, -0.05) is 6.92 Å². The average molecular weight is 470 g/mol. The second-order valence-corrected chi connectivity index (χ2v) is 10.7. The molecule has 1 N–H and O–H groups in total. The van der Waals surface area contributed by atoms with Crippen molar-refractivity contribution in [1.29, 1.82) is 0 Å². The van der Waals surface area contributed by atoms with E-state index in [1.54, 1.807) is 0 Å². The average Bonchev–Trinajstić information content (AvgIpc) is 2.79. The number of carbonyl (C=O) groups is 1. The second kappa shape index (κ2) is 10.4. The van der Waals surface area contributed by atoms with Crippen LogP contribution in [0, 0.1) is 5.92 Å². The number of rotatable bonds is 5. The molecule has 0 spiro atoms. The number of fused-ring (bicyclic) bond motifs is 1. The highest BCUT2D eigenvalue weighted by atomic mass is 16.6. The van der Waals surface area contributed by atoms with Crippen LogP contribution in [0.25, 0.3) is 11.0 Å². The SMILES string of the molecule is CCc1cc2ncc(CN3CCN(CC4CCN(C(=O)OC(C)(C)C)CC4)CC3)cc2[nH]c1=O. The lowest BCUT2D eigenvalue weighted by Gasteiger charge is -2.39. The van der Waals surface area contributed by atoms with Gasteiger partial charge in [-0.3, -0.25) is 14.7 Å². The number of hydrogen-bond acceptors (Lipinski definition) is 6. The van der Waals surface area contributed by atoms with E-state index in [9.17, 15) is 9.59 Å². The van der Waals surface area contributed by atoms with Gasteiger partial charge < -0.3 is 19.5 Å². The summed E-state index contributed by atoms with van der Waals surface area (Å²) in [6.07, 6.45) is 4.55. The van der Waals surface area contributed by atoms with Gasteiger partial charge in [-0.05, 0) is 63.6 Å². The Kier molecular flexibility index (Phi) is 7.57. The molecule has 2 aliphatic rings. The number of aryl methyl sites for hydroxylation is 1. The van der Waals surface area contributed by atoms with E-state index in [4.69, 9.17) is 4.74 Å². The van der Waals surface area contributed by atoms with Gasteiger partial charge in [-0.25, -0.2) is 4.79 Å². The van der Waals surface area contributed by atoms with Crippen LogP contribution in [-0.4, -0.2) is 82.2 Å². The lowest BCUT2D eigenvalue weighted by Crippen LogP contribution is -2.49. The molecule has 2 fully saturated rings. The van der Waals surface area contributed by atoms with Gasteiger partial charge in [0.05, 0.1) is 11.0 Å². The van der Waals surface area contributed by atoms with Crippen molar-refractivity contribution in [2.24, 2.45) is 5.92 Å². The molecule has 0 saturated carbocycles. The van der Waals surface area contributed by atoms with Crippen molar-refractivity contribution in [2.75, 3.05) is 45.8 Å². The van der Waals surface area contributed by atoms with Crippen LogP contribution < -0.4 is 5.56 Å². The molecule has 186 valence electrons. The predicted octanol–water partition coefficient (Wildman–Crippen LogP) is 3.25. The quantitative estimate of drug-likeness (QED) is 0.724. The Morgan fingerprint density at radius 3 is 2.41 bits per heavy atom. The molecule has 8 heteroatoms. The number of pyridine rings is 2. The van der Waals surface area contributed by atoms with Gasteiger partial charge >= 0.3 is 6.09 Å². The van der Waals surface area contributed by atoms with Crippen molar-refractivity contribution in [1.82, 2.24) is 24.7 Å². The van der Waals surface area contributed by atoms with Crippen LogP contribution in [0.15, 0.2) is 23.1 Å². The molecule has 2 aromatic heterocycles. The largest absolute Gasteiger partial charge is 0.444 e. The number of nitrogens with zero attached hydrogens (tertiary/aromatic N) is 4. The summed E-state index contributed by atoms with van der Waals surface area (Å²) in [4.78, 5) is 38.9. The molecular weight excluding hydrogens is 430 g/mol. The summed E-state index contributed by atoms with van der Waals surface area (Å²) < 4.78 is 5.51. The molecule has 2 saturated heterocycles. The molecule has 0 aromatic carbocycles. The summed E-state index contributed by atoms with van der Waals surface area (Å²) in [5.41, 5.74) is 3.12. The lowest BCUT2D eigenvalue weighted by atomic mass is 9.96. The van der Waals surface area contributed by atoms with Gasteiger partial charge in [0.25, 0.3) is 5.56 Å².